The smallest absolute Gasteiger partial charge is 0.329 e. The van der Waals surface area contributed by atoms with Crippen LogP contribution in [0, 0.1) is 0 Å². The van der Waals surface area contributed by atoms with E-state index in [0.29, 0.717) is 47.1 Å². The molecule has 1 atom stereocenters. The summed E-state index contributed by atoms with van der Waals surface area (Å²) in [5.74, 6) is 0.396. The van der Waals surface area contributed by atoms with E-state index in [-0.39, 0.29) is 25.6 Å². The molecule has 1 aliphatic rings. The van der Waals surface area contributed by atoms with E-state index >= 15 is 0 Å². The fourth-order valence-electron chi connectivity index (χ4n) is 4.54. The van der Waals surface area contributed by atoms with Gasteiger partial charge in [0.2, 0.25) is 5.95 Å². The van der Waals surface area contributed by atoms with Crippen LogP contribution < -0.4 is 24.6 Å². The Kier molecular flexibility index (Phi) is 14.4. The fourth-order valence-corrected chi connectivity index (χ4v) is 5.11. The Morgan fingerprint density at radius 2 is 1.80 bits per heavy atom. The fraction of sp³-hybridized carbons (Fsp3) is 0.414. The largest absolute Gasteiger partial charge is 0.494 e. The number of aliphatic carboxylic acids is 1. The molecule has 13 nitrogen and oxygen atoms in total. The Labute approximate surface area is 276 Å². The number of para-hydroxylation sites is 2. The van der Waals surface area contributed by atoms with E-state index in [1.807, 2.05) is 42.5 Å². The second-order valence-electron chi connectivity index (χ2n) is 9.85. The molecule has 1 aliphatic heterocycles. The second-order valence-corrected chi connectivity index (χ2v) is 11.7. The third kappa shape index (κ3) is 10.6. The van der Waals surface area contributed by atoms with Gasteiger partial charge in [0.15, 0.2) is 5.82 Å². The molecule has 0 radical (unpaired) electrons. The van der Waals surface area contributed by atoms with Crippen molar-refractivity contribution in [2.75, 3.05) is 99.4 Å². The number of aromatic nitrogens is 2. The topological polar surface area (TPSA) is 142 Å². The van der Waals surface area contributed by atoms with Crippen LogP contribution in [0.25, 0.3) is 0 Å². The Morgan fingerprint density at radius 1 is 1.07 bits per heavy atom. The monoisotopic (exact) mass is 683 g/mol. The Balaban J connectivity index is 0.00000552. The van der Waals surface area contributed by atoms with Crippen LogP contribution >= 0.6 is 24.0 Å². The Bertz CT molecular complexity index is 1430. The summed E-state index contributed by atoms with van der Waals surface area (Å²) >= 11 is 6.43. The first-order chi connectivity index (χ1) is 21.2. The number of nitrogens with zero attached hydrogens (tertiary/aromatic N) is 5. The van der Waals surface area contributed by atoms with Crippen molar-refractivity contribution in [2.24, 2.45) is 0 Å². The minimum absolute atomic E-state index is 0. The molecule has 0 amide bonds. The third-order valence-corrected chi connectivity index (χ3v) is 8.19. The SMILES string of the molecule is COc1cc(N2CCN(CCOCCOCC(=O)O)CC2)ccc1Nc1ncc(Cl)c(Nc2ccccc2N(C)S(C)=O)n1.Cl. The number of rotatable bonds is 16. The summed E-state index contributed by atoms with van der Waals surface area (Å²) in [6.07, 6.45) is 3.13. The molecule has 1 saturated heterocycles. The maximum absolute atomic E-state index is 12.1. The van der Waals surface area contributed by atoms with Crippen LogP contribution in [-0.2, 0) is 25.3 Å². The third-order valence-electron chi connectivity index (χ3n) is 6.94. The number of ether oxygens (including phenoxy) is 3. The maximum Gasteiger partial charge on any atom is 0.329 e. The number of benzene rings is 2. The molecule has 1 aromatic heterocycles. The van der Waals surface area contributed by atoms with E-state index in [4.69, 9.17) is 30.9 Å². The molecule has 0 spiro atoms. The van der Waals surface area contributed by atoms with Crippen molar-refractivity contribution < 1.29 is 28.3 Å². The summed E-state index contributed by atoms with van der Waals surface area (Å²) in [5, 5.41) is 15.4. The van der Waals surface area contributed by atoms with Crippen molar-refractivity contribution in [3.05, 3.63) is 53.7 Å². The molecule has 0 bridgehead atoms. The van der Waals surface area contributed by atoms with Crippen LogP contribution in [0.4, 0.5) is 34.5 Å². The molecule has 16 heteroatoms. The number of halogens is 2. The normalized spacial score (nSPS) is 13.9. The van der Waals surface area contributed by atoms with Crippen LogP contribution in [0.15, 0.2) is 48.7 Å². The predicted octanol–water partition coefficient (Wildman–Crippen LogP) is 4.02. The van der Waals surface area contributed by atoms with E-state index in [1.165, 1.54) is 6.20 Å². The molecule has 0 aliphatic carbocycles. The number of methoxy groups -OCH3 is 1. The number of nitrogens with one attached hydrogen (secondary N) is 2. The molecule has 3 N–H and O–H groups in total. The van der Waals surface area contributed by atoms with Crippen molar-refractivity contribution in [3.63, 3.8) is 0 Å². The Hall–Kier alpha value is -3.40. The van der Waals surface area contributed by atoms with Gasteiger partial charge in [0, 0.05) is 57.8 Å². The van der Waals surface area contributed by atoms with E-state index in [1.54, 1.807) is 24.7 Å². The van der Waals surface area contributed by atoms with Crippen molar-refractivity contribution in [2.45, 2.75) is 0 Å². The first-order valence-corrected chi connectivity index (χ1v) is 15.9. The number of carboxylic acid groups (broad SMARTS) is 1. The van der Waals surface area contributed by atoms with Gasteiger partial charge < -0.3 is 34.9 Å². The molecule has 4 rings (SSSR count). The summed E-state index contributed by atoms with van der Waals surface area (Å²) in [5.41, 5.74) is 3.19. The lowest BCUT2D eigenvalue weighted by Crippen LogP contribution is -2.47. The van der Waals surface area contributed by atoms with Gasteiger partial charge >= 0.3 is 5.97 Å². The number of anilines is 6. The van der Waals surface area contributed by atoms with E-state index in [9.17, 15) is 9.00 Å². The van der Waals surface area contributed by atoms with Crippen molar-refractivity contribution in [1.82, 2.24) is 14.9 Å². The molecule has 1 unspecified atom stereocenters. The molecule has 3 aromatic rings. The summed E-state index contributed by atoms with van der Waals surface area (Å²) in [6.45, 7) is 5.20. The molecular formula is C29H39Cl2N7O6S. The van der Waals surface area contributed by atoms with Gasteiger partial charge in [-0.15, -0.1) is 12.4 Å². The van der Waals surface area contributed by atoms with Crippen molar-refractivity contribution in [3.8, 4) is 5.75 Å². The van der Waals surface area contributed by atoms with Gasteiger partial charge in [0.25, 0.3) is 0 Å². The summed E-state index contributed by atoms with van der Waals surface area (Å²) in [6, 6.07) is 13.4. The zero-order valence-electron chi connectivity index (χ0n) is 25.4. The van der Waals surface area contributed by atoms with Gasteiger partial charge in [-0.2, -0.15) is 4.98 Å². The predicted molar refractivity (Wildman–Crippen MR) is 181 cm³/mol. The maximum atomic E-state index is 12.1. The molecule has 1 fully saturated rings. The van der Waals surface area contributed by atoms with E-state index < -0.39 is 17.0 Å². The zero-order valence-corrected chi connectivity index (χ0v) is 27.8. The van der Waals surface area contributed by atoms with Gasteiger partial charge in [0.05, 0.1) is 50.2 Å². The highest BCUT2D eigenvalue weighted by molar-refractivity contribution is 7.85. The highest BCUT2D eigenvalue weighted by Gasteiger charge is 2.19. The minimum atomic E-state index is -1.21. The number of hydrogen-bond acceptors (Lipinski definition) is 11. The van der Waals surface area contributed by atoms with Gasteiger partial charge in [-0.25, -0.2) is 14.0 Å². The highest BCUT2D eigenvalue weighted by atomic mass is 35.5. The highest BCUT2D eigenvalue weighted by Crippen LogP contribution is 2.34. The number of hydrogen-bond donors (Lipinski definition) is 3. The molecular weight excluding hydrogens is 645 g/mol. The average molecular weight is 685 g/mol. The van der Waals surface area contributed by atoms with Crippen molar-refractivity contribution in [1.29, 1.82) is 0 Å². The van der Waals surface area contributed by atoms with Gasteiger partial charge in [-0.3, -0.25) is 9.21 Å². The summed E-state index contributed by atoms with van der Waals surface area (Å²) in [4.78, 5) is 24.0. The first-order valence-electron chi connectivity index (χ1n) is 14.0. The van der Waals surface area contributed by atoms with Crippen LogP contribution in [0.1, 0.15) is 0 Å². The number of carboxylic acids is 1. The van der Waals surface area contributed by atoms with E-state index in [0.717, 1.165) is 44.1 Å². The first kappa shape index (κ1) is 36.1. The molecule has 2 aromatic carbocycles. The molecule has 0 saturated carbocycles. The molecule has 2 heterocycles. The summed E-state index contributed by atoms with van der Waals surface area (Å²) < 4.78 is 30.0. The number of piperazine rings is 1. The van der Waals surface area contributed by atoms with E-state index in [2.05, 4.69) is 30.4 Å². The van der Waals surface area contributed by atoms with Crippen molar-refractivity contribution >= 4 is 75.5 Å². The number of carbonyl (C=O) groups is 1. The zero-order chi connectivity index (χ0) is 31.5. The lowest BCUT2D eigenvalue weighted by atomic mass is 10.2. The quantitative estimate of drug-likeness (QED) is 0.188. The van der Waals surface area contributed by atoms with Crippen LogP contribution in [0.2, 0.25) is 5.02 Å². The van der Waals surface area contributed by atoms with Crippen LogP contribution in [0.5, 0.6) is 5.75 Å². The summed E-state index contributed by atoms with van der Waals surface area (Å²) in [7, 11) is 2.17. The average Bonchev–Trinajstić information content (AvgIpc) is 3.02. The van der Waals surface area contributed by atoms with Gasteiger partial charge in [-0.05, 0) is 24.3 Å². The molecule has 246 valence electrons. The van der Waals surface area contributed by atoms with Gasteiger partial charge in [-0.1, -0.05) is 23.7 Å². The molecule has 45 heavy (non-hydrogen) atoms. The van der Waals surface area contributed by atoms with Crippen LogP contribution in [-0.4, -0.2) is 110 Å². The second kappa shape index (κ2) is 17.9. The van der Waals surface area contributed by atoms with Gasteiger partial charge in [0.1, 0.15) is 28.4 Å². The minimum Gasteiger partial charge on any atom is -0.494 e. The lowest BCUT2D eigenvalue weighted by molar-refractivity contribution is -0.142. The Morgan fingerprint density at radius 3 is 2.51 bits per heavy atom. The standard InChI is InChI=1S/C29H38ClN7O6S.ClH/c1-35(44(3)40)25-7-5-4-6-23(25)32-28-22(30)19-31-29(34-28)33-24-9-8-21(18-26(24)41-2)37-12-10-36(11-13-37)14-15-42-16-17-43-20-27(38)39;/h4-9,18-19H,10-17,20H2,1-3H3,(H,38,39)(H2,31,32,33,34);1H. The van der Waals surface area contributed by atoms with Crippen LogP contribution in [0.3, 0.4) is 0 Å². The lowest BCUT2D eigenvalue weighted by Gasteiger charge is -2.36.